The first kappa shape index (κ1) is 9.56. The quantitative estimate of drug-likeness (QED) is 0.591. The summed E-state index contributed by atoms with van der Waals surface area (Å²) in [5.41, 5.74) is 0. The number of hydrogen-bond donors (Lipinski definition) is 0. The molecule has 0 saturated carbocycles. The molecule has 0 aromatic rings. The van der Waals surface area contributed by atoms with Gasteiger partial charge in [-0.1, -0.05) is 13.8 Å². The van der Waals surface area contributed by atoms with Gasteiger partial charge in [-0.25, -0.2) is 0 Å². The Balaban J connectivity index is 2.15. The second-order valence-electron chi connectivity index (χ2n) is 3.94. The third-order valence-corrected chi connectivity index (χ3v) is 2.15. The van der Waals surface area contributed by atoms with Crippen LogP contribution in [-0.2, 0) is 0 Å². The predicted octanol–water partition coefficient (Wildman–Crippen LogP) is 2.50. The minimum Gasteiger partial charge on any atom is -0.297 e. The van der Waals surface area contributed by atoms with E-state index in [0.29, 0.717) is 0 Å². The van der Waals surface area contributed by atoms with Crippen LogP contribution in [0.3, 0.4) is 0 Å². The summed E-state index contributed by atoms with van der Waals surface area (Å²) in [7, 11) is 0. The van der Waals surface area contributed by atoms with Crippen LogP contribution in [-0.4, -0.2) is 24.3 Å². The molecule has 0 aromatic carbocycles. The minimum atomic E-state index is 0.735. The molecule has 1 rings (SSSR count). The number of piperidine rings is 1. The van der Waals surface area contributed by atoms with Gasteiger partial charge in [0.1, 0.15) is 0 Å². The maximum absolute atomic E-state index is 4.43. The fraction of sp³-hybridized carbons (Fsp3) is 0.900. The van der Waals surface area contributed by atoms with Crippen LogP contribution in [0.2, 0.25) is 0 Å². The normalized spacial score (nSPS) is 19.4. The Morgan fingerprint density at radius 3 is 2.50 bits per heavy atom. The lowest BCUT2D eigenvalue weighted by molar-refractivity contribution is 0.240. The average Bonchev–Trinajstić information content (AvgIpc) is 2.05. The van der Waals surface area contributed by atoms with Gasteiger partial charge in [0.15, 0.2) is 0 Å². The van der Waals surface area contributed by atoms with E-state index < -0.39 is 0 Å². The topological polar surface area (TPSA) is 15.6 Å². The number of hydrogen-bond acceptors (Lipinski definition) is 2. The molecule has 0 radical (unpaired) electrons. The minimum absolute atomic E-state index is 0.735. The van der Waals surface area contributed by atoms with Crippen LogP contribution in [0.4, 0.5) is 0 Å². The zero-order valence-electron chi connectivity index (χ0n) is 8.29. The fourth-order valence-electron chi connectivity index (χ4n) is 1.37. The second kappa shape index (κ2) is 5.18. The molecule has 0 aromatic heterocycles. The van der Waals surface area contributed by atoms with Crippen molar-refractivity contribution in [3.8, 4) is 0 Å². The van der Waals surface area contributed by atoms with Crippen molar-refractivity contribution in [3.05, 3.63) is 0 Å². The number of hydrazone groups is 1. The Kier molecular flexibility index (Phi) is 4.12. The van der Waals surface area contributed by atoms with Gasteiger partial charge >= 0.3 is 0 Å². The van der Waals surface area contributed by atoms with E-state index in [1.54, 1.807) is 0 Å². The van der Waals surface area contributed by atoms with Crippen molar-refractivity contribution in [2.75, 3.05) is 13.1 Å². The Labute approximate surface area is 75.6 Å². The van der Waals surface area contributed by atoms with Crippen molar-refractivity contribution in [2.24, 2.45) is 11.0 Å². The fourth-order valence-corrected chi connectivity index (χ4v) is 1.37. The summed E-state index contributed by atoms with van der Waals surface area (Å²) >= 11 is 0. The standard InChI is InChI=1S/C10H20N2/c1-10(2)6-7-11-12-8-4-3-5-9-12/h7,10H,3-6,8-9H2,1-2H3/b11-7-. The summed E-state index contributed by atoms with van der Waals surface area (Å²) in [5, 5.41) is 6.63. The highest BCUT2D eigenvalue weighted by atomic mass is 15.4. The van der Waals surface area contributed by atoms with E-state index in [4.69, 9.17) is 0 Å². The zero-order valence-corrected chi connectivity index (χ0v) is 8.29. The molecule has 2 heteroatoms. The van der Waals surface area contributed by atoms with Crippen molar-refractivity contribution < 1.29 is 0 Å². The first-order chi connectivity index (χ1) is 5.79. The molecule has 0 spiro atoms. The Morgan fingerprint density at radius 1 is 1.25 bits per heavy atom. The third-order valence-electron chi connectivity index (χ3n) is 2.15. The lowest BCUT2D eigenvalue weighted by atomic mass is 10.1. The van der Waals surface area contributed by atoms with Gasteiger partial charge in [-0.05, 0) is 31.6 Å². The first-order valence-corrected chi connectivity index (χ1v) is 5.06. The van der Waals surface area contributed by atoms with Gasteiger partial charge < -0.3 is 0 Å². The van der Waals surface area contributed by atoms with Crippen molar-refractivity contribution in [3.63, 3.8) is 0 Å². The number of rotatable bonds is 3. The van der Waals surface area contributed by atoms with Crippen LogP contribution in [0.25, 0.3) is 0 Å². The van der Waals surface area contributed by atoms with Gasteiger partial charge in [0.2, 0.25) is 0 Å². The monoisotopic (exact) mass is 168 g/mol. The molecule has 0 aliphatic carbocycles. The Hall–Kier alpha value is -0.530. The van der Waals surface area contributed by atoms with Gasteiger partial charge in [-0.2, -0.15) is 5.10 Å². The summed E-state index contributed by atoms with van der Waals surface area (Å²) < 4.78 is 0. The second-order valence-corrected chi connectivity index (χ2v) is 3.94. The summed E-state index contributed by atoms with van der Waals surface area (Å²) in [5.74, 6) is 0.735. The molecule has 12 heavy (non-hydrogen) atoms. The molecule has 1 aliphatic rings. The van der Waals surface area contributed by atoms with Crippen molar-refractivity contribution in [1.29, 1.82) is 0 Å². The lowest BCUT2D eigenvalue weighted by Crippen LogP contribution is -2.24. The number of nitrogens with zero attached hydrogens (tertiary/aromatic N) is 2. The Morgan fingerprint density at radius 2 is 1.92 bits per heavy atom. The first-order valence-electron chi connectivity index (χ1n) is 5.06. The van der Waals surface area contributed by atoms with E-state index in [9.17, 15) is 0 Å². The molecule has 2 nitrogen and oxygen atoms in total. The van der Waals surface area contributed by atoms with Crippen LogP contribution < -0.4 is 0 Å². The summed E-state index contributed by atoms with van der Waals surface area (Å²) in [4.78, 5) is 0. The molecule has 1 aliphatic heterocycles. The summed E-state index contributed by atoms with van der Waals surface area (Å²) in [6.45, 7) is 6.77. The van der Waals surface area contributed by atoms with Gasteiger partial charge in [-0.15, -0.1) is 0 Å². The van der Waals surface area contributed by atoms with Crippen LogP contribution >= 0.6 is 0 Å². The molecule has 70 valence electrons. The molecule has 0 N–H and O–H groups in total. The molecule has 0 atom stereocenters. The van der Waals surface area contributed by atoms with Gasteiger partial charge in [0.25, 0.3) is 0 Å². The lowest BCUT2D eigenvalue weighted by Gasteiger charge is -2.23. The zero-order chi connectivity index (χ0) is 8.81. The van der Waals surface area contributed by atoms with E-state index in [2.05, 4.69) is 30.2 Å². The summed E-state index contributed by atoms with van der Waals surface area (Å²) in [6.07, 6.45) is 7.20. The molecule has 1 saturated heterocycles. The maximum Gasteiger partial charge on any atom is 0.0360 e. The smallest absolute Gasteiger partial charge is 0.0360 e. The molecular formula is C10H20N2. The van der Waals surface area contributed by atoms with Crippen molar-refractivity contribution in [1.82, 2.24) is 5.01 Å². The van der Waals surface area contributed by atoms with Gasteiger partial charge in [0.05, 0.1) is 0 Å². The van der Waals surface area contributed by atoms with E-state index in [-0.39, 0.29) is 0 Å². The molecule has 1 fully saturated rings. The van der Waals surface area contributed by atoms with Crippen LogP contribution in [0.1, 0.15) is 39.5 Å². The van der Waals surface area contributed by atoms with Crippen molar-refractivity contribution in [2.45, 2.75) is 39.5 Å². The Bertz CT molecular complexity index is 135. The predicted molar refractivity (Wildman–Crippen MR) is 53.4 cm³/mol. The van der Waals surface area contributed by atoms with Crippen LogP contribution in [0, 0.1) is 5.92 Å². The highest BCUT2D eigenvalue weighted by molar-refractivity contribution is 5.56. The summed E-state index contributed by atoms with van der Waals surface area (Å²) in [6, 6.07) is 0. The average molecular weight is 168 g/mol. The van der Waals surface area contributed by atoms with Crippen molar-refractivity contribution >= 4 is 6.21 Å². The molecule has 0 bridgehead atoms. The van der Waals surface area contributed by atoms with E-state index >= 15 is 0 Å². The molecule has 0 unspecified atom stereocenters. The van der Waals surface area contributed by atoms with E-state index in [1.807, 2.05) is 0 Å². The van der Waals surface area contributed by atoms with Crippen LogP contribution in [0.5, 0.6) is 0 Å². The van der Waals surface area contributed by atoms with Crippen LogP contribution in [0.15, 0.2) is 5.10 Å². The maximum atomic E-state index is 4.43. The largest absolute Gasteiger partial charge is 0.297 e. The highest BCUT2D eigenvalue weighted by Crippen LogP contribution is 2.08. The molecule has 1 heterocycles. The highest BCUT2D eigenvalue weighted by Gasteiger charge is 2.05. The molecule has 0 amide bonds. The molecular weight excluding hydrogens is 148 g/mol. The SMILES string of the molecule is CC(C)C/C=N\N1CCCCC1. The van der Waals surface area contributed by atoms with Gasteiger partial charge in [0, 0.05) is 19.3 Å². The third kappa shape index (κ3) is 3.74. The van der Waals surface area contributed by atoms with Gasteiger partial charge in [-0.3, -0.25) is 5.01 Å². The van der Waals surface area contributed by atoms with E-state index in [1.165, 1.54) is 19.3 Å². The van der Waals surface area contributed by atoms with E-state index in [0.717, 1.165) is 25.4 Å².